The highest BCUT2D eigenvalue weighted by atomic mass is 16.3. The maximum atomic E-state index is 6.47. The van der Waals surface area contributed by atoms with Crippen LogP contribution in [0.1, 0.15) is 49.7 Å². The molecule has 1 aliphatic carbocycles. The molecule has 7 aromatic rings. The third kappa shape index (κ3) is 6.82. The molecule has 0 N–H and O–H groups in total. The van der Waals surface area contributed by atoms with Gasteiger partial charge in [-0.3, -0.25) is 0 Å². The second-order valence-electron chi connectivity index (χ2n) is 13.7. The molecule has 0 amide bonds. The summed E-state index contributed by atoms with van der Waals surface area (Å²) in [5.41, 5.74) is 10.1. The first-order valence-electron chi connectivity index (χ1n) is 18.5. The molecule has 0 radical (unpaired) electrons. The van der Waals surface area contributed by atoms with Crippen LogP contribution in [0.25, 0.3) is 67.5 Å². The number of furan rings is 1. The van der Waals surface area contributed by atoms with Gasteiger partial charge in [0.25, 0.3) is 0 Å². The van der Waals surface area contributed by atoms with Crippen LogP contribution in [0.15, 0.2) is 180 Å². The summed E-state index contributed by atoms with van der Waals surface area (Å²) in [6.07, 6.45) is 24.0. The molecule has 54 heavy (non-hydrogen) atoms. The van der Waals surface area contributed by atoms with Gasteiger partial charge in [0, 0.05) is 32.9 Å². The summed E-state index contributed by atoms with van der Waals surface area (Å²) in [7, 11) is 0. The molecule has 0 spiro atoms. The fraction of sp³-hybridized carbons (Fsp3) is 0.100. The Morgan fingerprint density at radius 1 is 0.574 bits per heavy atom. The maximum Gasteiger partial charge on any atom is 0.164 e. The number of rotatable bonds is 9. The van der Waals surface area contributed by atoms with Crippen molar-refractivity contribution in [3.63, 3.8) is 0 Å². The minimum Gasteiger partial charge on any atom is -0.456 e. The largest absolute Gasteiger partial charge is 0.456 e. The average Bonchev–Trinajstić information content (AvgIpc) is 3.60. The van der Waals surface area contributed by atoms with Gasteiger partial charge in [-0.2, -0.15) is 0 Å². The summed E-state index contributed by atoms with van der Waals surface area (Å²) in [4.78, 5) is 15.6. The zero-order valence-corrected chi connectivity index (χ0v) is 30.8. The topological polar surface area (TPSA) is 51.8 Å². The molecule has 1 unspecified atom stereocenters. The average molecular weight is 700 g/mol. The first kappa shape index (κ1) is 34.4. The standard InChI is InChI=1S/C50H41N3O/c1-4-6-8-9-11-19-35-20-17-23-37(33-35)38-28-29-44-42(34-38)46-41(25-18-27-45(46)54-44)49-52-47(36-21-12-10-13-22-36)51-48(53-49)40-30-32-50(3,31-16-7-5-2)43-26-15-14-24-39(40)43/h4-31,33-34H,32H2,1-3H3/b6-4-,7-5-,9-8-,19-11+,31-16-. The van der Waals surface area contributed by atoms with Crippen molar-refractivity contribution in [2.24, 2.45) is 0 Å². The van der Waals surface area contributed by atoms with Crippen molar-refractivity contribution in [3.8, 4) is 33.9 Å². The van der Waals surface area contributed by atoms with E-state index in [1.165, 1.54) is 5.56 Å². The Kier molecular flexibility index (Phi) is 9.65. The van der Waals surface area contributed by atoms with E-state index in [2.05, 4.69) is 134 Å². The lowest BCUT2D eigenvalue weighted by Crippen LogP contribution is -2.24. The summed E-state index contributed by atoms with van der Waals surface area (Å²) in [6, 6.07) is 39.9. The van der Waals surface area contributed by atoms with Gasteiger partial charge in [-0.1, -0.05) is 165 Å². The number of allylic oxidation sites excluding steroid dienone is 10. The first-order valence-corrected chi connectivity index (χ1v) is 18.5. The van der Waals surface area contributed by atoms with E-state index in [4.69, 9.17) is 19.4 Å². The molecule has 0 saturated carbocycles. The molecule has 8 rings (SSSR count). The Balaban J connectivity index is 1.27. The van der Waals surface area contributed by atoms with Gasteiger partial charge in [0.1, 0.15) is 11.2 Å². The molecular weight excluding hydrogens is 659 g/mol. The Morgan fingerprint density at radius 3 is 2.15 bits per heavy atom. The van der Waals surface area contributed by atoms with Crippen molar-refractivity contribution in [2.75, 3.05) is 0 Å². The van der Waals surface area contributed by atoms with Crippen molar-refractivity contribution >= 4 is 33.6 Å². The molecule has 0 bridgehead atoms. The third-order valence-electron chi connectivity index (χ3n) is 10.0. The van der Waals surface area contributed by atoms with Crippen molar-refractivity contribution in [1.82, 2.24) is 15.0 Å². The van der Waals surface area contributed by atoms with Crippen LogP contribution < -0.4 is 0 Å². The quantitative estimate of drug-likeness (QED) is 0.141. The van der Waals surface area contributed by atoms with Crippen molar-refractivity contribution in [2.45, 2.75) is 32.6 Å². The molecule has 4 heteroatoms. The normalized spacial score (nSPS) is 16.2. The SMILES string of the molecule is C\C=C/C=C\C=C\c1cccc(-c2ccc3oc4cccc(-c5nc(C6=CCC(C)(/C=C\C=C/C)c7ccccc76)nc(-c6ccccc6)n5)c4c3c2)c1. The smallest absolute Gasteiger partial charge is 0.164 e. The molecule has 1 aliphatic rings. The summed E-state index contributed by atoms with van der Waals surface area (Å²) in [6.45, 7) is 6.35. The maximum absolute atomic E-state index is 6.47. The van der Waals surface area contributed by atoms with E-state index in [9.17, 15) is 0 Å². The third-order valence-corrected chi connectivity index (χ3v) is 10.0. The van der Waals surface area contributed by atoms with Gasteiger partial charge in [-0.25, -0.2) is 15.0 Å². The van der Waals surface area contributed by atoms with Gasteiger partial charge in [-0.05, 0) is 72.4 Å². The zero-order valence-electron chi connectivity index (χ0n) is 30.8. The van der Waals surface area contributed by atoms with Crippen LogP contribution in [0.5, 0.6) is 0 Å². The van der Waals surface area contributed by atoms with E-state index in [1.807, 2.05) is 68.5 Å². The molecule has 262 valence electrons. The lowest BCUT2D eigenvalue weighted by atomic mass is 9.71. The van der Waals surface area contributed by atoms with E-state index in [-0.39, 0.29) is 5.41 Å². The van der Waals surface area contributed by atoms with Gasteiger partial charge in [0.15, 0.2) is 17.5 Å². The second-order valence-corrected chi connectivity index (χ2v) is 13.7. The number of aromatic nitrogens is 3. The number of nitrogens with zero attached hydrogens (tertiary/aromatic N) is 3. The highest BCUT2D eigenvalue weighted by Crippen LogP contribution is 2.43. The molecular formula is C50H41N3O. The Labute approximate surface area is 317 Å². The minimum absolute atomic E-state index is 0.157. The monoisotopic (exact) mass is 699 g/mol. The van der Waals surface area contributed by atoms with Gasteiger partial charge in [0.05, 0.1) is 0 Å². The summed E-state index contributed by atoms with van der Waals surface area (Å²) >= 11 is 0. The van der Waals surface area contributed by atoms with Gasteiger partial charge in [0.2, 0.25) is 0 Å². The van der Waals surface area contributed by atoms with E-state index < -0.39 is 0 Å². The van der Waals surface area contributed by atoms with E-state index >= 15 is 0 Å². The molecule has 0 saturated heterocycles. The highest BCUT2D eigenvalue weighted by Gasteiger charge is 2.31. The number of hydrogen-bond acceptors (Lipinski definition) is 4. The predicted molar refractivity (Wildman–Crippen MR) is 226 cm³/mol. The molecule has 0 fully saturated rings. The number of benzene rings is 5. The lowest BCUT2D eigenvalue weighted by molar-refractivity contribution is 0.596. The highest BCUT2D eigenvalue weighted by molar-refractivity contribution is 6.12. The summed E-state index contributed by atoms with van der Waals surface area (Å²) in [5.74, 6) is 1.89. The fourth-order valence-corrected chi connectivity index (χ4v) is 7.25. The summed E-state index contributed by atoms with van der Waals surface area (Å²) < 4.78 is 6.47. The molecule has 2 heterocycles. The van der Waals surface area contributed by atoms with E-state index in [0.29, 0.717) is 17.5 Å². The molecule has 5 aromatic carbocycles. The fourth-order valence-electron chi connectivity index (χ4n) is 7.25. The van der Waals surface area contributed by atoms with Crippen LogP contribution in [0.4, 0.5) is 0 Å². The van der Waals surface area contributed by atoms with Crippen LogP contribution in [0, 0.1) is 0 Å². The van der Waals surface area contributed by atoms with Crippen LogP contribution in [0.3, 0.4) is 0 Å². The van der Waals surface area contributed by atoms with Crippen molar-refractivity contribution in [3.05, 3.63) is 199 Å². The van der Waals surface area contributed by atoms with Crippen LogP contribution in [-0.4, -0.2) is 15.0 Å². The van der Waals surface area contributed by atoms with Crippen molar-refractivity contribution < 1.29 is 4.42 Å². The number of hydrogen-bond donors (Lipinski definition) is 0. The molecule has 1 atom stereocenters. The van der Waals surface area contributed by atoms with Crippen molar-refractivity contribution in [1.29, 1.82) is 0 Å². The van der Waals surface area contributed by atoms with E-state index in [1.54, 1.807) is 0 Å². The van der Waals surface area contributed by atoms with Crippen LogP contribution in [-0.2, 0) is 5.41 Å². The minimum atomic E-state index is -0.157. The lowest BCUT2D eigenvalue weighted by Gasteiger charge is -2.32. The Hall–Kier alpha value is -6.65. The van der Waals surface area contributed by atoms with Crippen LogP contribution >= 0.6 is 0 Å². The molecule has 0 aliphatic heterocycles. The van der Waals surface area contributed by atoms with Crippen LogP contribution in [0.2, 0.25) is 0 Å². The Bertz CT molecular complexity index is 2670. The summed E-state index contributed by atoms with van der Waals surface area (Å²) in [5, 5.41) is 2.00. The predicted octanol–water partition coefficient (Wildman–Crippen LogP) is 13.1. The zero-order chi connectivity index (χ0) is 36.9. The molecule has 2 aromatic heterocycles. The first-order chi connectivity index (χ1) is 26.5. The Morgan fingerprint density at radius 2 is 1.28 bits per heavy atom. The van der Waals surface area contributed by atoms with Gasteiger partial charge in [-0.15, -0.1) is 0 Å². The van der Waals surface area contributed by atoms with E-state index in [0.717, 1.165) is 67.3 Å². The second kappa shape index (κ2) is 15.1. The van der Waals surface area contributed by atoms with Gasteiger partial charge < -0.3 is 4.42 Å². The number of fused-ring (bicyclic) bond motifs is 4. The molecule has 4 nitrogen and oxygen atoms in total. The van der Waals surface area contributed by atoms with Gasteiger partial charge >= 0.3 is 0 Å².